The molecule has 0 fully saturated rings. The van der Waals surface area contributed by atoms with E-state index in [1.54, 1.807) is 18.7 Å². The Balaban J connectivity index is 2.78. The number of hydrogen-bond acceptors (Lipinski definition) is 2. The predicted octanol–water partition coefficient (Wildman–Crippen LogP) is 3.36. The summed E-state index contributed by atoms with van der Waals surface area (Å²) in [6.07, 6.45) is 2.06. The summed E-state index contributed by atoms with van der Waals surface area (Å²) in [6.45, 7) is 1.69. The third-order valence-corrected chi connectivity index (χ3v) is 2.73. The first kappa shape index (κ1) is 11.6. The highest BCUT2D eigenvalue weighted by molar-refractivity contribution is 7.97. The van der Waals surface area contributed by atoms with Crippen molar-refractivity contribution < 1.29 is 4.79 Å². The van der Waals surface area contributed by atoms with Gasteiger partial charge >= 0.3 is 0 Å². The van der Waals surface area contributed by atoms with Crippen LogP contribution in [0.4, 0.5) is 0 Å². The molecule has 0 aliphatic heterocycles. The molecule has 1 aromatic carbocycles. The zero-order valence-electron chi connectivity index (χ0n) is 8.29. The SMILES string of the molecule is CSCc1ccc(C(=O)C(C)Cl)cc1. The molecule has 76 valence electrons. The average Bonchev–Trinajstić information content (AvgIpc) is 2.18. The Morgan fingerprint density at radius 1 is 1.43 bits per heavy atom. The zero-order chi connectivity index (χ0) is 10.6. The van der Waals surface area contributed by atoms with Crippen LogP contribution in [0.25, 0.3) is 0 Å². The molecule has 0 radical (unpaired) electrons. The van der Waals surface area contributed by atoms with E-state index >= 15 is 0 Å². The molecular formula is C11H13ClOS. The van der Waals surface area contributed by atoms with Crippen LogP contribution in [0.5, 0.6) is 0 Å². The molecular weight excluding hydrogens is 216 g/mol. The highest BCUT2D eigenvalue weighted by atomic mass is 35.5. The van der Waals surface area contributed by atoms with Crippen molar-refractivity contribution in [1.29, 1.82) is 0 Å². The van der Waals surface area contributed by atoms with Crippen LogP contribution in [0.3, 0.4) is 0 Å². The molecule has 0 heterocycles. The first-order valence-electron chi connectivity index (χ1n) is 4.41. The van der Waals surface area contributed by atoms with Gasteiger partial charge < -0.3 is 0 Å². The van der Waals surface area contributed by atoms with Crippen molar-refractivity contribution in [3.63, 3.8) is 0 Å². The molecule has 14 heavy (non-hydrogen) atoms. The molecule has 0 saturated carbocycles. The minimum Gasteiger partial charge on any atom is -0.293 e. The Bertz CT molecular complexity index is 306. The van der Waals surface area contributed by atoms with Crippen LogP contribution in [0.15, 0.2) is 24.3 Å². The molecule has 0 aliphatic rings. The second kappa shape index (κ2) is 5.42. The topological polar surface area (TPSA) is 17.1 Å². The van der Waals surface area contributed by atoms with Gasteiger partial charge in [0.1, 0.15) is 0 Å². The van der Waals surface area contributed by atoms with E-state index in [4.69, 9.17) is 11.6 Å². The van der Waals surface area contributed by atoms with Crippen molar-refractivity contribution in [3.8, 4) is 0 Å². The summed E-state index contributed by atoms with van der Waals surface area (Å²) in [5.74, 6) is 0.965. The summed E-state index contributed by atoms with van der Waals surface area (Å²) in [6, 6.07) is 7.63. The van der Waals surface area contributed by atoms with Crippen LogP contribution in [-0.4, -0.2) is 17.4 Å². The molecule has 1 aromatic rings. The Morgan fingerprint density at radius 3 is 2.43 bits per heavy atom. The number of hydrogen-bond donors (Lipinski definition) is 0. The highest BCUT2D eigenvalue weighted by Gasteiger charge is 2.11. The molecule has 1 nitrogen and oxygen atoms in total. The highest BCUT2D eigenvalue weighted by Crippen LogP contribution is 2.13. The van der Waals surface area contributed by atoms with Crippen LogP contribution in [-0.2, 0) is 5.75 Å². The fourth-order valence-corrected chi connectivity index (χ4v) is 1.81. The summed E-state index contributed by atoms with van der Waals surface area (Å²) in [5.41, 5.74) is 1.92. The first-order chi connectivity index (χ1) is 6.65. The van der Waals surface area contributed by atoms with Crippen LogP contribution in [0, 0.1) is 0 Å². The lowest BCUT2D eigenvalue weighted by atomic mass is 10.1. The van der Waals surface area contributed by atoms with E-state index in [2.05, 4.69) is 6.26 Å². The maximum atomic E-state index is 11.5. The van der Waals surface area contributed by atoms with E-state index in [0.717, 1.165) is 5.75 Å². The van der Waals surface area contributed by atoms with Crippen molar-refractivity contribution in [1.82, 2.24) is 0 Å². The number of benzene rings is 1. The van der Waals surface area contributed by atoms with E-state index in [1.165, 1.54) is 5.56 Å². The molecule has 1 rings (SSSR count). The maximum absolute atomic E-state index is 11.5. The van der Waals surface area contributed by atoms with Gasteiger partial charge in [0.15, 0.2) is 5.78 Å². The molecule has 3 heteroatoms. The lowest BCUT2D eigenvalue weighted by molar-refractivity contribution is 0.0992. The van der Waals surface area contributed by atoms with Crippen LogP contribution in [0.2, 0.25) is 0 Å². The van der Waals surface area contributed by atoms with Crippen molar-refractivity contribution in [2.45, 2.75) is 18.1 Å². The number of halogens is 1. The number of rotatable bonds is 4. The maximum Gasteiger partial charge on any atom is 0.180 e. The number of Topliss-reactive ketones (excluding diaryl/α,β-unsaturated/α-hetero) is 1. The molecule has 0 saturated heterocycles. The fraction of sp³-hybridized carbons (Fsp3) is 0.364. The molecule has 0 aliphatic carbocycles. The largest absolute Gasteiger partial charge is 0.293 e. The Morgan fingerprint density at radius 2 is 2.00 bits per heavy atom. The third kappa shape index (κ3) is 3.03. The fourth-order valence-electron chi connectivity index (χ4n) is 1.16. The number of carbonyl (C=O) groups excluding carboxylic acids is 1. The van der Waals surface area contributed by atoms with Crippen LogP contribution >= 0.6 is 23.4 Å². The van der Waals surface area contributed by atoms with E-state index in [0.29, 0.717) is 5.56 Å². The number of alkyl halides is 1. The Labute approximate surface area is 93.8 Å². The lowest BCUT2D eigenvalue weighted by Gasteiger charge is -2.03. The van der Waals surface area contributed by atoms with Crippen LogP contribution < -0.4 is 0 Å². The normalized spacial score (nSPS) is 12.5. The molecule has 1 unspecified atom stereocenters. The van der Waals surface area contributed by atoms with Crippen molar-refractivity contribution in [2.24, 2.45) is 0 Å². The first-order valence-corrected chi connectivity index (χ1v) is 6.24. The van der Waals surface area contributed by atoms with Gasteiger partial charge in [-0.25, -0.2) is 0 Å². The summed E-state index contributed by atoms with van der Waals surface area (Å²) in [5, 5.41) is -0.443. The van der Waals surface area contributed by atoms with Gasteiger partial charge in [0.05, 0.1) is 5.38 Å². The lowest BCUT2D eigenvalue weighted by Crippen LogP contribution is -2.10. The van der Waals surface area contributed by atoms with Gasteiger partial charge in [-0.15, -0.1) is 11.6 Å². The minimum absolute atomic E-state index is 0.0117. The van der Waals surface area contributed by atoms with Gasteiger partial charge in [-0.1, -0.05) is 24.3 Å². The number of thioether (sulfide) groups is 1. The Kier molecular flexibility index (Phi) is 4.49. The molecule has 1 atom stereocenters. The second-order valence-electron chi connectivity index (χ2n) is 3.11. The standard InChI is InChI=1S/C11H13ClOS/c1-8(12)11(13)10-5-3-9(4-6-10)7-14-2/h3-6,8H,7H2,1-2H3. The van der Waals surface area contributed by atoms with Gasteiger partial charge in [0.2, 0.25) is 0 Å². The van der Waals surface area contributed by atoms with Gasteiger partial charge in [-0.3, -0.25) is 4.79 Å². The van der Waals surface area contributed by atoms with Crippen LogP contribution in [0.1, 0.15) is 22.8 Å². The molecule has 0 aromatic heterocycles. The Hall–Kier alpha value is -0.470. The monoisotopic (exact) mass is 228 g/mol. The zero-order valence-corrected chi connectivity index (χ0v) is 9.86. The van der Waals surface area contributed by atoms with Crippen molar-refractivity contribution in [3.05, 3.63) is 35.4 Å². The van der Waals surface area contributed by atoms with Crippen molar-refractivity contribution in [2.75, 3.05) is 6.26 Å². The van der Waals surface area contributed by atoms with E-state index in [9.17, 15) is 4.79 Å². The van der Waals surface area contributed by atoms with E-state index in [1.807, 2.05) is 24.3 Å². The van der Waals surface area contributed by atoms with Gasteiger partial charge in [0.25, 0.3) is 0 Å². The smallest absolute Gasteiger partial charge is 0.180 e. The summed E-state index contributed by atoms with van der Waals surface area (Å²) >= 11 is 7.47. The van der Waals surface area contributed by atoms with Gasteiger partial charge in [0, 0.05) is 11.3 Å². The quantitative estimate of drug-likeness (QED) is 0.581. The second-order valence-corrected chi connectivity index (χ2v) is 4.63. The van der Waals surface area contributed by atoms with E-state index in [-0.39, 0.29) is 5.78 Å². The number of ketones is 1. The molecule has 0 bridgehead atoms. The molecule has 0 spiro atoms. The predicted molar refractivity (Wildman–Crippen MR) is 63.3 cm³/mol. The summed E-state index contributed by atoms with van der Waals surface area (Å²) < 4.78 is 0. The average molecular weight is 229 g/mol. The molecule has 0 amide bonds. The molecule has 0 N–H and O–H groups in total. The minimum atomic E-state index is -0.443. The van der Waals surface area contributed by atoms with Gasteiger partial charge in [-0.2, -0.15) is 11.8 Å². The van der Waals surface area contributed by atoms with Crippen molar-refractivity contribution >= 4 is 29.1 Å². The van der Waals surface area contributed by atoms with E-state index < -0.39 is 5.38 Å². The number of carbonyl (C=O) groups is 1. The van der Waals surface area contributed by atoms with Gasteiger partial charge in [-0.05, 0) is 18.7 Å². The summed E-state index contributed by atoms with van der Waals surface area (Å²) in [7, 11) is 0. The third-order valence-electron chi connectivity index (χ3n) is 1.91. The summed E-state index contributed by atoms with van der Waals surface area (Å²) in [4.78, 5) is 11.5.